The van der Waals surface area contributed by atoms with Gasteiger partial charge in [0.15, 0.2) is 0 Å². The number of likely N-dealkylation sites (tertiary alicyclic amines) is 1. The molecule has 2 N–H and O–H groups in total. The van der Waals surface area contributed by atoms with E-state index in [0.717, 1.165) is 13.1 Å². The molecule has 0 radical (unpaired) electrons. The van der Waals surface area contributed by atoms with Crippen LogP contribution in [0.25, 0.3) is 0 Å². The average Bonchev–Trinajstić information content (AvgIpc) is 2.05. The Bertz CT molecular complexity index is 141. The van der Waals surface area contributed by atoms with Gasteiger partial charge in [0.25, 0.3) is 0 Å². The van der Waals surface area contributed by atoms with Crippen molar-refractivity contribution in [2.45, 2.75) is 32.2 Å². The second-order valence-electron chi connectivity index (χ2n) is 3.17. The molecule has 0 spiro atoms. The highest BCUT2D eigenvalue weighted by Gasteiger charge is 2.19. The molecule has 3 nitrogen and oxygen atoms in total. The van der Waals surface area contributed by atoms with Crippen LogP contribution in [0.3, 0.4) is 0 Å². The molecule has 1 fully saturated rings. The molecule has 1 unspecified atom stereocenters. The first-order valence-electron chi connectivity index (χ1n) is 4.25. The summed E-state index contributed by atoms with van der Waals surface area (Å²) in [5.74, 6) is -0.202. The zero-order valence-electron chi connectivity index (χ0n) is 7.05. The van der Waals surface area contributed by atoms with E-state index < -0.39 is 0 Å². The lowest BCUT2D eigenvalue weighted by molar-refractivity contribution is -0.123. The fourth-order valence-corrected chi connectivity index (χ4v) is 1.49. The molecule has 1 heterocycles. The molecule has 1 aliphatic rings. The molecule has 0 saturated carbocycles. The second-order valence-corrected chi connectivity index (χ2v) is 3.17. The van der Waals surface area contributed by atoms with Gasteiger partial charge in [0.2, 0.25) is 5.91 Å². The predicted octanol–water partition coefficient (Wildman–Crippen LogP) is 0.346. The highest BCUT2D eigenvalue weighted by atomic mass is 16.1. The molecule has 0 aliphatic carbocycles. The maximum Gasteiger partial charge on any atom is 0.234 e. The molecule has 0 aromatic carbocycles. The van der Waals surface area contributed by atoms with Crippen LogP contribution >= 0.6 is 0 Å². The number of nitrogens with two attached hydrogens (primary N) is 1. The zero-order chi connectivity index (χ0) is 8.27. The Hall–Kier alpha value is -0.570. The van der Waals surface area contributed by atoms with E-state index in [-0.39, 0.29) is 11.9 Å². The van der Waals surface area contributed by atoms with Crippen LogP contribution in [0.15, 0.2) is 0 Å². The van der Waals surface area contributed by atoms with E-state index >= 15 is 0 Å². The lowest BCUT2D eigenvalue weighted by Gasteiger charge is -2.30. The third-order valence-electron chi connectivity index (χ3n) is 2.35. The van der Waals surface area contributed by atoms with Crippen molar-refractivity contribution in [3.05, 3.63) is 0 Å². The molecular formula is C8H16N2O. The van der Waals surface area contributed by atoms with E-state index in [0.29, 0.717) is 0 Å². The maximum absolute atomic E-state index is 10.8. The van der Waals surface area contributed by atoms with Crippen molar-refractivity contribution in [3.8, 4) is 0 Å². The van der Waals surface area contributed by atoms with Gasteiger partial charge in [0.1, 0.15) is 0 Å². The highest BCUT2D eigenvalue weighted by Crippen LogP contribution is 2.11. The Kier molecular flexibility index (Phi) is 2.88. The van der Waals surface area contributed by atoms with Crippen LogP contribution < -0.4 is 5.73 Å². The topological polar surface area (TPSA) is 46.3 Å². The van der Waals surface area contributed by atoms with Crippen LogP contribution in [-0.2, 0) is 4.79 Å². The summed E-state index contributed by atoms with van der Waals surface area (Å²) in [6, 6.07) is -0.0738. The third kappa shape index (κ3) is 2.19. The van der Waals surface area contributed by atoms with E-state index in [2.05, 4.69) is 4.90 Å². The van der Waals surface area contributed by atoms with Crippen LogP contribution in [0, 0.1) is 0 Å². The minimum absolute atomic E-state index is 0.0738. The molecule has 0 bridgehead atoms. The number of primary amides is 1. The lowest BCUT2D eigenvalue weighted by atomic mass is 10.1. The van der Waals surface area contributed by atoms with Crippen molar-refractivity contribution >= 4 is 5.91 Å². The van der Waals surface area contributed by atoms with Gasteiger partial charge in [-0.2, -0.15) is 0 Å². The Morgan fingerprint density at radius 3 is 2.36 bits per heavy atom. The molecule has 1 aliphatic heterocycles. The van der Waals surface area contributed by atoms with Gasteiger partial charge in [-0.15, -0.1) is 0 Å². The lowest BCUT2D eigenvalue weighted by Crippen LogP contribution is -2.45. The zero-order valence-corrected chi connectivity index (χ0v) is 7.05. The van der Waals surface area contributed by atoms with Crippen LogP contribution in [0.4, 0.5) is 0 Å². The molecule has 3 heteroatoms. The standard InChI is InChI=1S/C8H16N2O/c1-7(8(9)11)10-5-3-2-4-6-10/h7H,2-6H2,1H3,(H2,9,11). The Morgan fingerprint density at radius 2 is 1.91 bits per heavy atom. The van der Waals surface area contributed by atoms with Gasteiger partial charge in [-0.3, -0.25) is 9.69 Å². The molecular weight excluding hydrogens is 140 g/mol. The van der Waals surface area contributed by atoms with Gasteiger partial charge in [0.05, 0.1) is 6.04 Å². The predicted molar refractivity (Wildman–Crippen MR) is 44.1 cm³/mol. The fourth-order valence-electron chi connectivity index (χ4n) is 1.49. The van der Waals surface area contributed by atoms with Gasteiger partial charge >= 0.3 is 0 Å². The average molecular weight is 156 g/mol. The molecule has 1 saturated heterocycles. The molecule has 1 amide bonds. The summed E-state index contributed by atoms with van der Waals surface area (Å²) in [4.78, 5) is 12.9. The van der Waals surface area contributed by atoms with Crippen LogP contribution in [0.2, 0.25) is 0 Å². The Balaban J connectivity index is 2.38. The van der Waals surface area contributed by atoms with Crippen LogP contribution in [0.5, 0.6) is 0 Å². The minimum Gasteiger partial charge on any atom is -0.368 e. The summed E-state index contributed by atoms with van der Waals surface area (Å²) >= 11 is 0. The number of hydrogen-bond acceptors (Lipinski definition) is 2. The van der Waals surface area contributed by atoms with Crippen molar-refractivity contribution < 1.29 is 4.79 Å². The minimum atomic E-state index is -0.202. The van der Waals surface area contributed by atoms with E-state index in [1.54, 1.807) is 0 Å². The fraction of sp³-hybridized carbons (Fsp3) is 0.875. The number of carbonyl (C=O) groups is 1. The molecule has 11 heavy (non-hydrogen) atoms. The largest absolute Gasteiger partial charge is 0.368 e. The van der Waals surface area contributed by atoms with Crippen molar-refractivity contribution in [2.24, 2.45) is 5.73 Å². The van der Waals surface area contributed by atoms with E-state index in [1.165, 1.54) is 19.3 Å². The van der Waals surface area contributed by atoms with Gasteiger partial charge in [-0.25, -0.2) is 0 Å². The number of hydrogen-bond donors (Lipinski definition) is 1. The number of rotatable bonds is 2. The first-order chi connectivity index (χ1) is 5.22. The van der Waals surface area contributed by atoms with Crippen molar-refractivity contribution in [1.82, 2.24) is 4.90 Å². The second kappa shape index (κ2) is 3.72. The van der Waals surface area contributed by atoms with Crippen LogP contribution in [0.1, 0.15) is 26.2 Å². The van der Waals surface area contributed by atoms with Gasteiger partial charge in [-0.05, 0) is 32.9 Å². The van der Waals surface area contributed by atoms with Gasteiger partial charge in [0, 0.05) is 0 Å². The first-order valence-corrected chi connectivity index (χ1v) is 4.25. The monoisotopic (exact) mass is 156 g/mol. The Labute approximate surface area is 67.5 Å². The van der Waals surface area contributed by atoms with E-state index in [1.807, 2.05) is 6.92 Å². The van der Waals surface area contributed by atoms with Crippen molar-refractivity contribution in [3.63, 3.8) is 0 Å². The van der Waals surface area contributed by atoms with Gasteiger partial charge in [-0.1, -0.05) is 6.42 Å². The smallest absolute Gasteiger partial charge is 0.234 e. The highest BCUT2D eigenvalue weighted by molar-refractivity contribution is 5.79. The summed E-state index contributed by atoms with van der Waals surface area (Å²) in [6.45, 7) is 3.95. The number of piperidine rings is 1. The summed E-state index contributed by atoms with van der Waals surface area (Å²) in [5.41, 5.74) is 5.19. The molecule has 0 aromatic rings. The van der Waals surface area contributed by atoms with Gasteiger partial charge < -0.3 is 5.73 Å². The normalized spacial score (nSPS) is 23.0. The summed E-state index contributed by atoms with van der Waals surface area (Å²) in [6.07, 6.45) is 3.71. The maximum atomic E-state index is 10.8. The van der Waals surface area contributed by atoms with Crippen molar-refractivity contribution in [2.75, 3.05) is 13.1 Å². The number of amides is 1. The molecule has 1 rings (SSSR count). The van der Waals surface area contributed by atoms with E-state index in [9.17, 15) is 4.79 Å². The summed E-state index contributed by atoms with van der Waals surface area (Å²) in [5, 5.41) is 0. The molecule has 0 aromatic heterocycles. The molecule has 64 valence electrons. The summed E-state index contributed by atoms with van der Waals surface area (Å²) < 4.78 is 0. The quantitative estimate of drug-likeness (QED) is 0.627. The molecule has 1 atom stereocenters. The Morgan fingerprint density at radius 1 is 1.36 bits per heavy atom. The third-order valence-corrected chi connectivity index (χ3v) is 2.35. The van der Waals surface area contributed by atoms with Crippen molar-refractivity contribution in [1.29, 1.82) is 0 Å². The number of carbonyl (C=O) groups excluding carboxylic acids is 1. The number of nitrogens with zero attached hydrogens (tertiary/aromatic N) is 1. The summed E-state index contributed by atoms with van der Waals surface area (Å²) in [7, 11) is 0. The van der Waals surface area contributed by atoms with E-state index in [4.69, 9.17) is 5.73 Å². The first kappa shape index (κ1) is 8.53. The van der Waals surface area contributed by atoms with Crippen LogP contribution in [-0.4, -0.2) is 29.9 Å². The SMILES string of the molecule is CC(C(N)=O)N1CCCCC1.